The lowest BCUT2D eigenvalue weighted by Gasteiger charge is -2.35. The van der Waals surface area contributed by atoms with Crippen LogP contribution in [0.2, 0.25) is 0 Å². The number of halogens is 1. The molecule has 0 aromatic heterocycles. The van der Waals surface area contributed by atoms with E-state index in [0.29, 0.717) is 32.6 Å². The molecule has 2 aliphatic heterocycles. The highest BCUT2D eigenvalue weighted by Crippen LogP contribution is 2.32. The van der Waals surface area contributed by atoms with Gasteiger partial charge in [-0.25, -0.2) is 4.39 Å². The second-order valence-electron chi connectivity index (χ2n) is 7.21. The van der Waals surface area contributed by atoms with Crippen LogP contribution in [0.5, 0.6) is 11.5 Å². The van der Waals surface area contributed by atoms with Crippen LogP contribution in [-0.2, 0) is 16.0 Å². The van der Waals surface area contributed by atoms with Crippen molar-refractivity contribution in [3.63, 3.8) is 0 Å². The van der Waals surface area contributed by atoms with Gasteiger partial charge in [0.15, 0.2) is 11.5 Å². The third-order valence-corrected chi connectivity index (χ3v) is 5.31. The maximum absolute atomic E-state index is 13.3. The van der Waals surface area contributed by atoms with E-state index >= 15 is 0 Å². The molecule has 7 heteroatoms. The lowest BCUT2D eigenvalue weighted by molar-refractivity contribution is -0.121. The van der Waals surface area contributed by atoms with Crippen LogP contribution in [-0.4, -0.2) is 50.4 Å². The van der Waals surface area contributed by atoms with Crippen LogP contribution in [0.3, 0.4) is 0 Å². The fourth-order valence-electron chi connectivity index (χ4n) is 3.69. The average molecular weight is 400 g/mol. The van der Waals surface area contributed by atoms with Gasteiger partial charge >= 0.3 is 0 Å². The SMILES string of the molecule is O=C(CCc1ccc2c(c1)OCO2)NCC(c1ccc(F)cc1)N1CCOCC1. The van der Waals surface area contributed by atoms with Gasteiger partial charge in [0, 0.05) is 26.1 Å². The van der Waals surface area contributed by atoms with Crippen molar-refractivity contribution in [3.8, 4) is 11.5 Å². The molecule has 29 heavy (non-hydrogen) atoms. The zero-order chi connectivity index (χ0) is 20.1. The number of benzene rings is 2. The van der Waals surface area contributed by atoms with Crippen molar-refractivity contribution in [1.29, 1.82) is 0 Å². The summed E-state index contributed by atoms with van der Waals surface area (Å²) in [5, 5.41) is 3.04. The van der Waals surface area contributed by atoms with Gasteiger partial charge in [-0.1, -0.05) is 18.2 Å². The number of hydrogen-bond acceptors (Lipinski definition) is 5. The first-order chi connectivity index (χ1) is 14.2. The lowest BCUT2D eigenvalue weighted by Crippen LogP contribution is -2.43. The summed E-state index contributed by atoms with van der Waals surface area (Å²) in [7, 11) is 0. The van der Waals surface area contributed by atoms with Crippen LogP contribution < -0.4 is 14.8 Å². The molecule has 4 rings (SSSR count). The molecule has 6 nitrogen and oxygen atoms in total. The summed E-state index contributed by atoms with van der Waals surface area (Å²) >= 11 is 0. The minimum atomic E-state index is -0.262. The molecule has 0 spiro atoms. The molecule has 1 amide bonds. The molecule has 2 aromatic rings. The van der Waals surface area contributed by atoms with E-state index < -0.39 is 0 Å². The van der Waals surface area contributed by atoms with E-state index in [9.17, 15) is 9.18 Å². The molecular weight excluding hydrogens is 375 g/mol. The Bertz CT molecular complexity index is 837. The Hall–Kier alpha value is -2.64. The molecule has 1 fully saturated rings. The first-order valence-electron chi connectivity index (χ1n) is 9.91. The fourth-order valence-corrected chi connectivity index (χ4v) is 3.69. The average Bonchev–Trinajstić information content (AvgIpc) is 3.22. The minimum Gasteiger partial charge on any atom is -0.454 e. The largest absolute Gasteiger partial charge is 0.454 e. The number of ether oxygens (including phenoxy) is 3. The Kier molecular flexibility index (Phi) is 6.27. The normalized spacial score (nSPS) is 17.1. The fraction of sp³-hybridized carbons (Fsp3) is 0.409. The summed E-state index contributed by atoms with van der Waals surface area (Å²) < 4.78 is 29.5. The van der Waals surface area contributed by atoms with Crippen molar-refractivity contribution in [2.75, 3.05) is 39.6 Å². The summed E-state index contributed by atoms with van der Waals surface area (Å²) in [6, 6.07) is 12.2. The van der Waals surface area contributed by atoms with E-state index in [4.69, 9.17) is 14.2 Å². The third kappa shape index (κ3) is 5.05. The van der Waals surface area contributed by atoms with Gasteiger partial charge in [0.1, 0.15) is 5.82 Å². The molecule has 2 heterocycles. The maximum Gasteiger partial charge on any atom is 0.231 e. The van der Waals surface area contributed by atoms with Gasteiger partial charge in [-0.05, 0) is 41.8 Å². The monoisotopic (exact) mass is 400 g/mol. The highest BCUT2D eigenvalue weighted by atomic mass is 19.1. The molecule has 2 aromatic carbocycles. The first kappa shape index (κ1) is 19.7. The molecule has 1 saturated heterocycles. The highest BCUT2D eigenvalue weighted by Gasteiger charge is 2.23. The Morgan fingerprint density at radius 2 is 1.83 bits per heavy atom. The van der Waals surface area contributed by atoms with Gasteiger partial charge in [-0.15, -0.1) is 0 Å². The van der Waals surface area contributed by atoms with Crippen LogP contribution in [0.4, 0.5) is 4.39 Å². The quantitative estimate of drug-likeness (QED) is 0.774. The molecule has 0 radical (unpaired) electrons. The minimum absolute atomic E-state index is 0.00556. The van der Waals surface area contributed by atoms with E-state index in [1.807, 2.05) is 18.2 Å². The van der Waals surface area contributed by atoms with Gasteiger partial charge < -0.3 is 19.5 Å². The molecule has 154 valence electrons. The molecule has 2 aliphatic rings. The van der Waals surface area contributed by atoms with Gasteiger partial charge in [-0.2, -0.15) is 0 Å². The summed E-state index contributed by atoms with van der Waals surface area (Å²) in [5.74, 6) is 1.20. The van der Waals surface area contributed by atoms with Crippen molar-refractivity contribution in [3.05, 3.63) is 59.4 Å². The number of carbonyl (C=O) groups is 1. The zero-order valence-electron chi connectivity index (χ0n) is 16.2. The molecule has 0 saturated carbocycles. The van der Waals surface area contributed by atoms with Crippen molar-refractivity contribution in [2.45, 2.75) is 18.9 Å². The number of nitrogens with zero attached hydrogens (tertiary/aromatic N) is 1. The van der Waals surface area contributed by atoms with Crippen LogP contribution in [0.1, 0.15) is 23.6 Å². The van der Waals surface area contributed by atoms with Crippen LogP contribution in [0, 0.1) is 5.82 Å². The van der Waals surface area contributed by atoms with Gasteiger partial charge in [0.05, 0.1) is 19.3 Å². The number of fused-ring (bicyclic) bond motifs is 1. The Morgan fingerprint density at radius 1 is 1.07 bits per heavy atom. The number of rotatable bonds is 7. The van der Waals surface area contributed by atoms with Crippen molar-refractivity contribution < 1.29 is 23.4 Å². The first-order valence-corrected chi connectivity index (χ1v) is 9.91. The summed E-state index contributed by atoms with van der Waals surface area (Å²) in [4.78, 5) is 14.7. The second kappa shape index (κ2) is 9.24. The Balaban J connectivity index is 1.33. The van der Waals surface area contributed by atoms with E-state index in [2.05, 4.69) is 10.2 Å². The molecule has 0 aliphatic carbocycles. The van der Waals surface area contributed by atoms with Gasteiger partial charge in [-0.3, -0.25) is 9.69 Å². The summed E-state index contributed by atoms with van der Waals surface area (Å²) in [6.07, 6.45) is 1.01. The Labute approximate surface area is 169 Å². The van der Waals surface area contributed by atoms with E-state index in [0.717, 1.165) is 35.7 Å². The summed E-state index contributed by atoms with van der Waals surface area (Å²) in [5.41, 5.74) is 2.03. The maximum atomic E-state index is 13.3. The molecule has 1 unspecified atom stereocenters. The lowest BCUT2D eigenvalue weighted by atomic mass is 10.0. The number of nitrogens with one attached hydrogen (secondary N) is 1. The smallest absolute Gasteiger partial charge is 0.231 e. The van der Waals surface area contributed by atoms with Crippen LogP contribution in [0.25, 0.3) is 0 Å². The Morgan fingerprint density at radius 3 is 2.62 bits per heavy atom. The summed E-state index contributed by atoms with van der Waals surface area (Å²) in [6.45, 7) is 3.62. The standard InChI is InChI=1S/C22H25FN2O4/c23-18-5-3-17(4-6-18)19(25-9-11-27-12-10-25)14-24-22(26)8-2-16-1-7-20-21(13-16)29-15-28-20/h1,3-7,13,19H,2,8-12,14-15H2,(H,24,26). The number of hydrogen-bond donors (Lipinski definition) is 1. The second-order valence-corrected chi connectivity index (χ2v) is 7.21. The molecular formula is C22H25FN2O4. The van der Waals surface area contributed by atoms with Crippen molar-refractivity contribution in [2.24, 2.45) is 0 Å². The van der Waals surface area contributed by atoms with Crippen LogP contribution in [0.15, 0.2) is 42.5 Å². The number of amides is 1. The highest BCUT2D eigenvalue weighted by molar-refractivity contribution is 5.76. The topological polar surface area (TPSA) is 60.0 Å². The predicted octanol–water partition coefficient (Wildman–Crippen LogP) is 2.68. The zero-order valence-corrected chi connectivity index (χ0v) is 16.2. The van der Waals surface area contributed by atoms with E-state index in [-0.39, 0.29) is 24.6 Å². The predicted molar refractivity (Wildman–Crippen MR) is 105 cm³/mol. The molecule has 1 N–H and O–H groups in total. The number of aryl methyl sites for hydroxylation is 1. The van der Waals surface area contributed by atoms with E-state index in [1.165, 1.54) is 12.1 Å². The molecule has 0 bridgehead atoms. The number of carbonyl (C=O) groups excluding carboxylic acids is 1. The third-order valence-electron chi connectivity index (χ3n) is 5.31. The van der Waals surface area contributed by atoms with Crippen LogP contribution >= 0.6 is 0 Å². The van der Waals surface area contributed by atoms with Gasteiger partial charge in [0.25, 0.3) is 0 Å². The molecule has 1 atom stereocenters. The van der Waals surface area contributed by atoms with Gasteiger partial charge in [0.2, 0.25) is 12.7 Å². The van der Waals surface area contributed by atoms with Crippen molar-refractivity contribution in [1.82, 2.24) is 10.2 Å². The van der Waals surface area contributed by atoms with E-state index in [1.54, 1.807) is 12.1 Å². The van der Waals surface area contributed by atoms with Crippen molar-refractivity contribution >= 4 is 5.91 Å². The number of morpholine rings is 1.